The monoisotopic (exact) mass is 315 g/mol. The van der Waals surface area contributed by atoms with Gasteiger partial charge < -0.3 is 20.1 Å². The number of nitriles is 1. The van der Waals surface area contributed by atoms with E-state index < -0.39 is 12.0 Å². The molecule has 0 bridgehead atoms. The van der Waals surface area contributed by atoms with Crippen molar-refractivity contribution in [3.8, 4) is 11.8 Å². The van der Waals surface area contributed by atoms with Crippen LogP contribution in [-0.2, 0) is 9.53 Å². The lowest BCUT2D eigenvalue weighted by molar-refractivity contribution is -0.139. The summed E-state index contributed by atoms with van der Waals surface area (Å²) in [5.74, 6) is 0.0567. The number of rotatable bonds is 5. The highest BCUT2D eigenvalue weighted by atomic mass is 16.5. The molecule has 0 radical (unpaired) electrons. The molecule has 1 aromatic carbocycles. The van der Waals surface area contributed by atoms with E-state index in [0.29, 0.717) is 22.6 Å². The Balaban J connectivity index is 2.30. The van der Waals surface area contributed by atoms with Crippen LogP contribution < -0.4 is 15.4 Å². The average Bonchev–Trinajstić information content (AvgIpc) is 2.52. The van der Waals surface area contributed by atoms with Crippen LogP contribution in [0.2, 0.25) is 0 Å². The number of urea groups is 1. The summed E-state index contributed by atoms with van der Waals surface area (Å²) in [4.78, 5) is 23.9. The van der Waals surface area contributed by atoms with Crippen LogP contribution in [0.5, 0.6) is 5.75 Å². The van der Waals surface area contributed by atoms with E-state index in [-0.39, 0.29) is 19.2 Å². The van der Waals surface area contributed by atoms with Crippen LogP contribution in [0.4, 0.5) is 4.79 Å². The SMILES string of the molecule is CCOC(=O)C1=C(C)NC(=O)N[C@@H]1c1ccc(OCC#N)cc1. The van der Waals surface area contributed by atoms with Crippen molar-refractivity contribution in [2.24, 2.45) is 0 Å². The van der Waals surface area contributed by atoms with Crippen LogP contribution in [0.15, 0.2) is 35.5 Å². The van der Waals surface area contributed by atoms with Crippen molar-refractivity contribution in [1.29, 1.82) is 5.26 Å². The second kappa shape index (κ2) is 7.31. The normalized spacial score (nSPS) is 16.9. The predicted molar refractivity (Wildman–Crippen MR) is 81.3 cm³/mol. The third-order valence-corrected chi connectivity index (χ3v) is 3.28. The second-order valence-electron chi connectivity index (χ2n) is 4.81. The molecule has 1 aliphatic heterocycles. The first-order valence-corrected chi connectivity index (χ1v) is 7.12. The number of nitrogens with zero attached hydrogens (tertiary/aromatic N) is 1. The fourth-order valence-corrected chi connectivity index (χ4v) is 2.30. The average molecular weight is 315 g/mol. The van der Waals surface area contributed by atoms with Crippen LogP contribution in [0, 0.1) is 11.3 Å². The van der Waals surface area contributed by atoms with Gasteiger partial charge in [0.1, 0.15) is 11.8 Å². The minimum absolute atomic E-state index is 0.0451. The molecule has 7 nitrogen and oxygen atoms in total. The molecule has 7 heteroatoms. The third kappa shape index (κ3) is 3.80. The molecule has 0 fully saturated rings. The standard InChI is InChI=1S/C16H17N3O4/c1-3-22-15(20)13-10(2)18-16(21)19-14(13)11-4-6-12(7-5-11)23-9-8-17/h4-7,14H,3,9H2,1-2H3,(H2,18,19,21)/t14-/m1/s1. The Morgan fingerprint density at radius 2 is 2.04 bits per heavy atom. The van der Waals surface area contributed by atoms with Crippen molar-refractivity contribution < 1.29 is 19.1 Å². The number of hydrogen-bond acceptors (Lipinski definition) is 5. The third-order valence-electron chi connectivity index (χ3n) is 3.28. The summed E-state index contributed by atoms with van der Waals surface area (Å²) in [5.41, 5.74) is 1.53. The van der Waals surface area contributed by atoms with Crippen molar-refractivity contribution in [3.05, 3.63) is 41.1 Å². The number of ether oxygens (including phenoxy) is 2. The molecule has 1 aromatic rings. The summed E-state index contributed by atoms with van der Waals surface area (Å²) >= 11 is 0. The zero-order valence-corrected chi connectivity index (χ0v) is 12.9. The Kier molecular flexibility index (Phi) is 5.20. The van der Waals surface area contributed by atoms with E-state index in [9.17, 15) is 9.59 Å². The molecule has 0 aromatic heterocycles. The minimum Gasteiger partial charge on any atom is -0.479 e. The number of benzene rings is 1. The van der Waals surface area contributed by atoms with Gasteiger partial charge in [0.25, 0.3) is 0 Å². The van der Waals surface area contributed by atoms with E-state index in [1.165, 1.54) is 0 Å². The van der Waals surface area contributed by atoms with E-state index >= 15 is 0 Å². The highest BCUT2D eigenvalue weighted by Gasteiger charge is 2.31. The number of amides is 2. The van der Waals surface area contributed by atoms with Crippen molar-refractivity contribution in [3.63, 3.8) is 0 Å². The number of allylic oxidation sites excluding steroid dienone is 1. The van der Waals surface area contributed by atoms with Gasteiger partial charge in [-0.1, -0.05) is 12.1 Å². The molecule has 0 spiro atoms. The summed E-state index contributed by atoms with van der Waals surface area (Å²) < 4.78 is 10.3. The van der Waals surface area contributed by atoms with E-state index in [1.54, 1.807) is 38.1 Å². The van der Waals surface area contributed by atoms with Gasteiger partial charge in [-0.15, -0.1) is 0 Å². The Morgan fingerprint density at radius 1 is 1.35 bits per heavy atom. The van der Waals surface area contributed by atoms with Gasteiger partial charge >= 0.3 is 12.0 Å². The Hall–Kier alpha value is -3.01. The lowest BCUT2D eigenvalue weighted by Gasteiger charge is -2.28. The fraction of sp³-hybridized carbons (Fsp3) is 0.312. The number of carbonyl (C=O) groups excluding carboxylic acids is 2. The van der Waals surface area contributed by atoms with Crippen molar-refractivity contribution >= 4 is 12.0 Å². The first-order valence-electron chi connectivity index (χ1n) is 7.12. The first kappa shape index (κ1) is 16.4. The van der Waals surface area contributed by atoms with Gasteiger partial charge in [-0.2, -0.15) is 5.26 Å². The van der Waals surface area contributed by atoms with Gasteiger partial charge in [0.2, 0.25) is 0 Å². The molecule has 2 N–H and O–H groups in total. The number of nitrogens with one attached hydrogen (secondary N) is 2. The van der Waals surface area contributed by atoms with E-state index in [4.69, 9.17) is 14.7 Å². The van der Waals surface area contributed by atoms with E-state index in [1.807, 2.05) is 6.07 Å². The molecule has 0 aliphatic carbocycles. The summed E-state index contributed by atoms with van der Waals surface area (Å²) in [7, 11) is 0. The maximum atomic E-state index is 12.2. The van der Waals surface area contributed by atoms with Crippen molar-refractivity contribution in [2.45, 2.75) is 19.9 Å². The van der Waals surface area contributed by atoms with Gasteiger partial charge in [-0.05, 0) is 31.5 Å². The molecule has 23 heavy (non-hydrogen) atoms. The van der Waals surface area contributed by atoms with Crippen LogP contribution >= 0.6 is 0 Å². The smallest absolute Gasteiger partial charge is 0.338 e. The Morgan fingerprint density at radius 3 is 2.65 bits per heavy atom. The summed E-state index contributed by atoms with van der Waals surface area (Å²) in [6.45, 7) is 3.58. The zero-order chi connectivity index (χ0) is 16.8. The molecule has 1 heterocycles. The molecule has 2 amide bonds. The van der Waals surface area contributed by atoms with Crippen molar-refractivity contribution in [2.75, 3.05) is 13.2 Å². The van der Waals surface area contributed by atoms with Gasteiger partial charge in [-0.25, -0.2) is 9.59 Å². The van der Waals surface area contributed by atoms with Crippen molar-refractivity contribution in [1.82, 2.24) is 10.6 Å². The highest BCUT2D eigenvalue weighted by molar-refractivity contribution is 5.95. The van der Waals surface area contributed by atoms with Gasteiger partial charge in [0.15, 0.2) is 6.61 Å². The summed E-state index contributed by atoms with van der Waals surface area (Å²) in [6.07, 6.45) is 0. The molecular weight excluding hydrogens is 298 g/mol. The van der Waals surface area contributed by atoms with Gasteiger partial charge in [0, 0.05) is 5.70 Å². The molecule has 2 rings (SSSR count). The number of esters is 1. The van der Waals surface area contributed by atoms with Crippen LogP contribution in [-0.4, -0.2) is 25.2 Å². The summed E-state index contributed by atoms with van der Waals surface area (Å²) in [5, 5.41) is 13.8. The molecule has 0 saturated heterocycles. The Labute approximate surface area is 133 Å². The van der Waals surface area contributed by atoms with E-state index in [0.717, 1.165) is 0 Å². The first-order chi connectivity index (χ1) is 11.1. The Bertz CT molecular complexity index is 674. The topological polar surface area (TPSA) is 100 Å². The molecule has 0 unspecified atom stereocenters. The lowest BCUT2D eigenvalue weighted by Crippen LogP contribution is -2.45. The number of hydrogen-bond donors (Lipinski definition) is 2. The zero-order valence-electron chi connectivity index (χ0n) is 12.9. The lowest BCUT2D eigenvalue weighted by atomic mass is 9.95. The van der Waals surface area contributed by atoms with Gasteiger partial charge in [-0.3, -0.25) is 0 Å². The maximum Gasteiger partial charge on any atom is 0.338 e. The van der Waals surface area contributed by atoms with Crippen LogP contribution in [0.3, 0.4) is 0 Å². The quantitative estimate of drug-likeness (QED) is 0.807. The second-order valence-corrected chi connectivity index (χ2v) is 4.81. The maximum absolute atomic E-state index is 12.2. The molecule has 1 atom stereocenters. The predicted octanol–water partition coefficient (Wildman–Crippen LogP) is 1.78. The van der Waals surface area contributed by atoms with E-state index in [2.05, 4.69) is 10.6 Å². The van der Waals surface area contributed by atoms with Crippen LogP contribution in [0.1, 0.15) is 25.5 Å². The molecule has 120 valence electrons. The highest BCUT2D eigenvalue weighted by Crippen LogP contribution is 2.28. The van der Waals surface area contributed by atoms with Gasteiger partial charge in [0.05, 0.1) is 18.2 Å². The fourth-order valence-electron chi connectivity index (χ4n) is 2.30. The minimum atomic E-state index is -0.604. The molecule has 1 aliphatic rings. The molecular formula is C16H17N3O4. The molecule has 0 saturated carbocycles. The van der Waals surface area contributed by atoms with Crippen LogP contribution in [0.25, 0.3) is 0 Å². The number of carbonyl (C=O) groups is 2. The summed E-state index contributed by atoms with van der Waals surface area (Å²) in [6, 6.07) is 7.72. The largest absolute Gasteiger partial charge is 0.479 e.